The molecule has 2 aromatic heterocycles. The number of fused-ring (bicyclic) bond motifs is 1. The molecule has 0 bridgehead atoms. The second kappa shape index (κ2) is 9.55. The highest BCUT2D eigenvalue weighted by molar-refractivity contribution is 7.85. The van der Waals surface area contributed by atoms with Crippen LogP contribution in [0.2, 0.25) is 0 Å². The number of halogens is 1. The summed E-state index contributed by atoms with van der Waals surface area (Å²) in [4.78, 5) is 17.6. The Hall–Kier alpha value is -2.85. The molecule has 0 spiro atoms. The number of aliphatic hydroxyl groups is 1. The van der Waals surface area contributed by atoms with E-state index in [0.29, 0.717) is 36.5 Å². The standard InChI is InChI=1S/C26H33FN6O2S/c1-16(2)18-5-6-21(33-13-17(14-33)36(4)35)20-12-29-24(11-19(18)20)30-23-7-9-28-25(31-23)32-10-8-22(34)26(3,27)15-32/h5-7,9,11-12,16-17,22,34H,8,10,13-15H2,1-4H3,(H,28,29,30,31)/t22-,26+,36?/m0/s1. The molecule has 3 atom stereocenters. The Morgan fingerprint density at radius 2 is 1.94 bits per heavy atom. The Morgan fingerprint density at radius 3 is 2.64 bits per heavy atom. The van der Waals surface area contributed by atoms with E-state index in [1.165, 1.54) is 12.5 Å². The first-order valence-electron chi connectivity index (χ1n) is 12.3. The molecule has 0 amide bonds. The third-order valence-corrected chi connectivity index (χ3v) is 8.48. The van der Waals surface area contributed by atoms with Crippen molar-refractivity contribution >= 4 is 44.8 Å². The highest BCUT2D eigenvalue weighted by Crippen LogP contribution is 2.36. The van der Waals surface area contributed by atoms with Crippen LogP contribution in [0.3, 0.4) is 0 Å². The molecule has 0 saturated carbocycles. The van der Waals surface area contributed by atoms with Gasteiger partial charge in [0.2, 0.25) is 5.95 Å². The Kier molecular flexibility index (Phi) is 6.59. The van der Waals surface area contributed by atoms with E-state index < -0.39 is 22.6 Å². The summed E-state index contributed by atoms with van der Waals surface area (Å²) >= 11 is 0. The summed E-state index contributed by atoms with van der Waals surface area (Å²) in [6.45, 7) is 7.85. The predicted molar refractivity (Wildman–Crippen MR) is 144 cm³/mol. The fraction of sp³-hybridized carbons (Fsp3) is 0.500. The molecule has 10 heteroatoms. The van der Waals surface area contributed by atoms with E-state index in [2.05, 4.69) is 51.1 Å². The molecule has 2 aliphatic rings. The number of hydrogen-bond acceptors (Lipinski definition) is 8. The van der Waals surface area contributed by atoms with Gasteiger partial charge in [0.1, 0.15) is 11.6 Å². The maximum absolute atomic E-state index is 14.7. The van der Waals surface area contributed by atoms with Crippen LogP contribution >= 0.6 is 0 Å². The Balaban J connectivity index is 1.42. The zero-order valence-electron chi connectivity index (χ0n) is 21.1. The monoisotopic (exact) mass is 512 g/mol. The summed E-state index contributed by atoms with van der Waals surface area (Å²) in [5, 5.41) is 15.6. The van der Waals surface area contributed by atoms with Crippen LogP contribution in [0.25, 0.3) is 10.8 Å². The van der Waals surface area contributed by atoms with Gasteiger partial charge in [-0.15, -0.1) is 0 Å². The number of anilines is 4. The number of nitrogens with one attached hydrogen (secondary N) is 1. The highest BCUT2D eigenvalue weighted by Gasteiger charge is 2.39. The molecule has 3 aromatic rings. The van der Waals surface area contributed by atoms with Gasteiger partial charge in [-0.25, -0.2) is 14.4 Å². The average molecular weight is 513 g/mol. The summed E-state index contributed by atoms with van der Waals surface area (Å²) in [7, 11) is -0.816. The maximum Gasteiger partial charge on any atom is 0.227 e. The van der Waals surface area contributed by atoms with E-state index in [1.807, 2.05) is 12.3 Å². The van der Waals surface area contributed by atoms with Crippen molar-refractivity contribution in [2.24, 2.45) is 0 Å². The number of benzene rings is 1. The van der Waals surface area contributed by atoms with Crippen molar-refractivity contribution in [1.29, 1.82) is 0 Å². The zero-order chi connectivity index (χ0) is 25.6. The largest absolute Gasteiger partial charge is 0.390 e. The van der Waals surface area contributed by atoms with Gasteiger partial charge in [0.05, 0.1) is 17.9 Å². The topological polar surface area (TPSA) is 94.5 Å². The number of hydrogen-bond donors (Lipinski definition) is 2. The average Bonchev–Trinajstić information content (AvgIpc) is 2.79. The molecular formula is C26H33FN6O2S. The quantitative estimate of drug-likeness (QED) is 0.516. The van der Waals surface area contributed by atoms with Crippen molar-refractivity contribution in [3.05, 3.63) is 42.2 Å². The lowest BCUT2D eigenvalue weighted by Gasteiger charge is -2.40. The van der Waals surface area contributed by atoms with Gasteiger partial charge in [-0.3, -0.25) is 4.21 Å². The van der Waals surface area contributed by atoms with Gasteiger partial charge in [0.25, 0.3) is 0 Å². The van der Waals surface area contributed by atoms with Gasteiger partial charge in [-0.2, -0.15) is 4.98 Å². The van der Waals surface area contributed by atoms with Gasteiger partial charge in [0.15, 0.2) is 5.67 Å². The second-order valence-corrected chi connectivity index (χ2v) is 12.0. The SMILES string of the molecule is CC(C)c1ccc(N2CC(S(C)=O)C2)c2cnc(Nc3ccnc(N4CC[C@H](O)[C@](C)(F)C4)n3)cc12. The van der Waals surface area contributed by atoms with Gasteiger partial charge < -0.3 is 20.2 Å². The first-order valence-corrected chi connectivity index (χ1v) is 14.0. The smallest absolute Gasteiger partial charge is 0.227 e. The number of pyridine rings is 1. The molecule has 8 nitrogen and oxygen atoms in total. The molecule has 2 N–H and O–H groups in total. The lowest BCUT2D eigenvalue weighted by atomic mass is 9.94. The minimum atomic E-state index is -1.71. The van der Waals surface area contributed by atoms with Crippen molar-refractivity contribution in [2.75, 3.05) is 47.6 Å². The molecule has 5 rings (SSSR count). The van der Waals surface area contributed by atoms with Gasteiger partial charge in [-0.05, 0) is 48.4 Å². The number of alkyl halides is 1. The van der Waals surface area contributed by atoms with E-state index in [4.69, 9.17) is 0 Å². The normalized spacial score (nSPS) is 23.7. The van der Waals surface area contributed by atoms with E-state index >= 15 is 0 Å². The molecule has 4 heterocycles. The third kappa shape index (κ3) is 4.76. The first kappa shape index (κ1) is 24.8. The maximum atomic E-state index is 14.7. The Labute approximate surface area is 213 Å². The molecule has 36 heavy (non-hydrogen) atoms. The minimum Gasteiger partial charge on any atom is -0.390 e. The predicted octanol–water partition coefficient (Wildman–Crippen LogP) is 3.76. The Morgan fingerprint density at radius 1 is 1.17 bits per heavy atom. The Bertz CT molecular complexity index is 1300. The lowest BCUT2D eigenvalue weighted by molar-refractivity contribution is -0.00860. The molecule has 1 unspecified atom stereocenters. The van der Waals surface area contributed by atoms with Crippen LogP contribution < -0.4 is 15.1 Å². The van der Waals surface area contributed by atoms with Gasteiger partial charge in [0, 0.05) is 60.2 Å². The van der Waals surface area contributed by atoms with E-state index in [1.54, 1.807) is 23.4 Å². The van der Waals surface area contributed by atoms with Crippen molar-refractivity contribution in [1.82, 2.24) is 15.0 Å². The molecule has 1 aromatic carbocycles. The summed E-state index contributed by atoms with van der Waals surface area (Å²) < 4.78 is 26.5. The fourth-order valence-corrected chi connectivity index (χ4v) is 5.73. The summed E-state index contributed by atoms with van der Waals surface area (Å²) in [5.41, 5.74) is 0.632. The summed E-state index contributed by atoms with van der Waals surface area (Å²) in [5.74, 6) is 1.98. The minimum absolute atomic E-state index is 0.0371. The van der Waals surface area contributed by atoms with Crippen molar-refractivity contribution in [2.45, 2.75) is 50.1 Å². The van der Waals surface area contributed by atoms with Crippen LogP contribution in [0.15, 0.2) is 36.7 Å². The van der Waals surface area contributed by atoms with Crippen LogP contribution in [-0.2, 0) is 10.8 Å². The molecule has 192 valence electrons. The molecular weight excluding hydrogens is 479 g/mol. The number of aliphatic hydroxyl groups excluding tert-OH is 1. The number of aromatic nitrogens is 3. The molecule has 2 saturated heterocycles. The first-order chi connectivity index (χ1) is 17.1. The van der Waals surface area contributed by atoms with Gasteiger partial charge in [-0.1, -0.05) is 19.9 Å². The zero-order valence-corrected chi connectivity index (χ0v) is 21.9. The highest BCUT2D eigenvalue weighted by atomic mass is 32.2. The molecule has 0 aliphatic carbocycles. The number of nitrogens with zero attached hydrogens (tertiary/aromatic N) is 5. The lowest BCUT2D eigenvalue weighted by Crippen LogP contribution is -2.52. The van der Waals surface area contributed by atoms with Crippen LogP contribution in [-0.4, -0.2) is 73.7 Å². The van der Waals surface area contributed by atoms with E-state index in [9.17, 15) is 13.7 Å². The molecule has 0 radical (unpaired) electrons. The van der Waals surface area contributed by atoms with Crippen molar-refractivity contribution < 1.29 is 13.7 Å². The summed E-state index contributed by atoms with van der Waals surface area (Å²) in [6.07, 6.45) is 4.64. The number of piperidine rings is 1. The van der Waals surface area contributed by atoms with Crippen LogP contribution in [0.5, 0.6) is 0 Å². The van der Waals surface area contributed by atoms with Crippen molar-refractivity contribution in [3.8, 4) is 0 Å². The van der Waals surface area contributed by atoms with Gasteiger partial charge >= 0.3 is 0 Å². The second-order valence-electron chi connectivity index (χ2n) is 10.3. The van der Waals surface area contributed by atoms with Crippen LogP contribution in [0.1, 0.15) is 38.7 Å². The number of rotatable bonds is 6. The van der Waals surface area contributed by atoms with E-state index in [0.717, 1.165) is 29.5 Å². The third-order valence-electron chi connectivity index (χ3n) is 7.24. The van der Waals surface area contributed by atoms with E-state index in [-0.39, 0.29) is 11.8 Å². The fourth-order valence-electron chi connectivity index (χ4n) is 4.95. The summed E-state index contributed by atoms with van der Waals surface area (Å²) in [6, 6.07) is 8.12. The van der Waals surface area contributed by atoms with Crippen LogP contribution in [0.4, 0.5) is 27.7 Å². The molecule has 2 fully saturated rings. The molecule has 2 aliphatic heterocycles. The van der Waals surface area contributed by atoms with Crippen molar-refractivity contribution in [3.63, 3.8) is 0 Å². The van der Waals surface area contributed by atoms with Crippen LogP contribution in [0, 0.1) is 0 Å².